The third kappa shape index (κ3) is 5.16. The largest absolute Gasteiger partial charge is 0.493 e. The number of anilines is 1. The Morgan fingerprint density at radius 3 is 2.66 bits per heavy atom. The fourth-order valence-corrected chi connectivity index (χ4v) is 3.25. The molecule has 2 heterocycles. The second-order valence-corrected chi connectivity index (χ2v) is 6.92. The number of nitrogens with zero attached hydrogens (tertiary/aromatic N) is 2. The number of carbonyl (C=O) groups is 2. The second kappa shape index (κ2) is 9.27. The maximum absolute atomic E-state index is 12.5. The fourth-order valence-electron chi connectivity index (χ4n) is 3.25. The van der Waals surface area contributed by atoms with Crippen LogP contribution in [-0.4, -0.2) is 48.0 Å². The van der Waals surface area contributed by atoms with Gasteiger partial charge in [-0.1, -0.05) is 6.07 Å². The summed E-state index contributed by atoms with van der Waals surface area (Å²) >= 11 is 0. The molecule has 0 aliphatic carbocycles. The lowest BCUT2D eigenvalue weighted by Gasteiger charge is -2.31. The zero-order valence-corrected chi connectivity index (χ0v) is 16.7. The number of carbonyl (C=O) groups excluding carboxylic acids is 2. The first-order chi connectivity index (χ1) is 14.0. The van der Waals surface area contributed by atoms with Crippen molar-refractivity contribution in [2.45, 2.75) is 32.4 Å². The van der Waals surface area contributed by atoms with Crippen molar-refractivity contribution >= 4 is 17.6 Å². The molecule has 0 saturated carbocycles. The zero-order valence-electron chi connectivity index (χ0n) is 16.7. The van der Waals surface area contributed by atoms with E-state index in [0.29, 0.717) is 36.0 Å². The van der Waals surface area contributed by atoms with Gasteiger partial charge in [0.25, 0.3) is 5.91 Å². The maximum Gasteiger partial charge on any atom is 0.251 e. The highest BCUT2D eigenvalue weighted by Gasteiger charge is 2.23. The van der Waals surface area contributed by atoms with Crippen LogP contribution in [-0.2, 0) is 11.3 Å². The number of hydrogen-bond donors (Lipinski definition) is 2. The molecular weight excluding hydrogens is 372 g/mol. The van der Waals surface area contributed by atoms with Gasteiger partial charge in [-0.15, -0.1) is 0 Å². The standard InChI is InChI=1S/C21H26N4O4/c1-14(26)25-10-7-17(8-11-25)29-18-6-5-15(12-19(18)28-2)21(27)24-13-16-4-3-9-23-20(16)22/h3-6,9,12,17H,7-8,10-11,13H2,1-2H3,(H2,22,23)(H,24,27). The third-order valence-electron chi connectivity index (χ3n) is 4.97. The molecular formula is C21H26N4O4. The van der Waals surface area contributed by atoms with E-state index in [0.717, 1.165) is 18.4 Å². The molecule has 3 rings (SSSR count). The van der Waals surface area contributed by atoms with Crippen LogP contribution in [0.25, 0.3) is 0 Å². The van der Waals surface area contributed by atoms with Crippen molar-refractivity contribution in [1.82, 2.24) is 15.2 Å². The molecule has 1 fully saturated rings. The van der Waals surface area contributed by atoms with E-state index in [1.807, 2.05) is 11.0 Å². The maximum atomic E-state index is 12.5. The summed E-state index contributed by atoms with van der Waals surface area (Å²) in [5.41, 5.74) is 7.02. The number of piperidine rings is 1. The highest BCUT2D eigenvalue weighted by atomic mass is 16.5. The normalized spacial score (nSPS) is 14.3. The number of nitrogens with two attached hydrogens (primary N) is 1. The predicted molar refractivity (Wildman–Crippen MR) is 109 cm³/mol. The molecule has 29 heavy (non-hydrogen) atoms. The number of amides is 2. The number of rotatable bonds is 6. The van der Waals surface area contributed by atoms with Crippen molar-refractivity contribution in [3.05, 3.63) is 47.7 Å². The van der Waals surface area contributed by atoms with Gasteiger partial charge in [0.2, 0.25) is 5.91 Å². The highest BCUT2D eigenvalue weighted by Crippen LogP contribution is 2.30. The minimum Gasteiger partial charge on any atom is -0.493 e. The average Bonchev–Trinajstić information content (AvgIpc) is 2.73. The number of nitrogen functional groups attached to an aromatic ring is 1. The highest BCUT2D eigenvalue weighted by molar-refractivity contribution is 5.94. The van der Waals surface area contributed by atoms with E-state index in [2.05, 4.69) is 10.3 Å². The molecule has 0 atom stereocenters. The topological polar surface area (TPSA) is 107 Å². The number of hydrogen-bond acceptors (Lipinski definition) is 6. The smallest absolute Gasteiger partial charge is 0.251 e. The van der Waals surface area contributed by atoms with Crippen molar-refractivity contribution in [2.75, 3.05) is 25.9 Å². The Labute approximate surface area is 170 Å². The van der Waals surface area contributed by atoms with Crippen molar-refractivity contribution < 1.29 is 19.1 Å². The van der Waals surface area contributed by atoms with Gasteiger partial charge in [0.15, 0.2) is 11.5 Å². The van der Waals surface area contributed by atoms with E-state index in [9.17, 15) is 9.59 Å². The van der Waals surface area contributed by atoms with Crippen molar-refractivity contribution in [1.29, 1.82) is 0 Å². The molecule has 1 aliphatic heterocycles. The summed E-state index contributed by atoms with van der Waals surface area (Å²) in [7, 11) is 1.54. The van der Waals surface area contributed by atoms with Crippen LogP contribution in [0.4, 0.5) is 5.82 Å². The Morgan fingerprint density at radius 2 is 2.00 bits per heavy atom. The Kier molecular flexibility index (Phi) is 6.54. The number of ether oxygens (including phenoxy) is 2. The van der Waals surface area contributed by atoms with Gasteiger partial charge in [0, 0.05) is 56.7 Å². The van der Waals surface area contributed by atoms with Crippen LogP contribution in [0.5, 0.6) is 11.5 Å². The average molecular weight is 398 g/mol. The number of benzene rings is 1. The number of pyridine rings is 1. The van der Waals surface area contributed by atoms with Gasteiger partial charge in [0.05, 0.1) is 7.11 Å². The van der Waals surface area contributed by atoms with Crippen LogP contribution in [0.3, 0.4) is 0 Å². The van der Waals surface area contributed by atoms with Gasteiger partial charge in [-0.05, 0) is 24.3 Å². The summed E-state index contributed by atoms with van der Waals surface area (Å²) in [5, 5.41) is 2.83. The first-order valence-electron chi connectivity index (χ1n) is 9.55. The summed E-state index contributed by atoms with van der Waals surface area (Å²) < 4.78 is 11.5. The molecule has 0 unspecified atom stereocenters. The lowest BCUT2D eigenvalue weighted by atomic mass is 10.1. The van der Waals surface area contributed by atoms with E-state index in [4.69, 9.17) is 15.2 Å². The molecule has 1 aromatic heterocycles. The van der Waals surface area contributed by atoms with Crippen LogP contribution in [0, 0.1) is 0 Å². The van der Waals surface area contributed by atoms with Crippen LogP contribution in [0.15, 0.2) is 36.5 Å². The zero-order chi connectivity index (χ0) is 20.8. The summed E-state index contributed by atoms with van der Waals surface area (Å²) in [6, 6.07) is 8.68. The van der Waals surface area contributed by atoms with Gasteiger partial charge in [-0.2, -0.15) is 0 Å². The molecule has 2 aromatic rings. The van der Waals surface area contributed by atoms with Crippen LogP contribution in [0.1, 0.15) is 35.7 Å². The monoisotopic (exact) mass is 398 g/mol. The van der Waals surface area contributed by atoms with Gasteiger partial charge in [-0.25, -0.2) is 4.98 Å². The molecule has 3 N–H and O–H groups in total. The van der Waals surface area contributed by atoms with E-state index in [1.54, 1.807) is 44.5 Å². The summed E-state index contributed by atoms with van der Waals surface area (Å²) in [6.07, 6.45) is 3.14. The number of nitrogens with one attached hydrogen (secondary N) is 1. The lowest BCUT2D eigenvalue weighted by Crippen LogP contribution is -2.40. The minimum absolute atomic E-state index is 0.00716. The van der Waals surface area contributed by atoms with Crippen molar-refractivity contribution in [2.24, 2.45) is 0 Å². The molecule has 0 radical (unpaired) electrons. The molecule has 8 nitrogen and oxygen atoms in total. The van der Waals surface area contributed by atoms with Crippen LogP contribution >= 0.6 is 0 Å². The molecule has 1 saturated heterocycles. The lowest BCUT2D eigenvalue weighted by molar-refractivity contribution is -0.130. The second-order valence-electron chi connectivity index (χ2n) is 6.92. The van der Waals surface area contributed by atoms with Crippen LogP contribution < -0.4 is 20.5 Å². The first-order valence-corrected chi connectivity index (χ1v) is 9.55. The number of likely N-dealkylation sites (tertiary alicyclic amines) is 1. The quantitative estimate of drug-likeness (QED) is 0.771. The molecule has 1 aromatic carbocycles. The van der Waals surface area contributed by atoms with Crippen molar-refractivity contribution in [3.63, 3.8) is 0 Å². The molecule has 0 bridgehead atoms. The third-order valence-corrected chi connectivity index (χ3v) is 4.97. The van der Waals surface area contributed by atoms with Crippen LogP contribution in [0.2, 0.25) is 0 Å². The molecule has 2 amide bonds. The summed E-state index contributed by atoms with van der Waals surface area (Å²) in [6.45, 7) is 3.23. The SMILES string of the molecule is COc1cc(C(=O)NCc2cccnc2N)ccc1OC1CCN(C(C)=O)CC1. The van der Waals surface area contributed by atoms with Crippen molar-refractivity contribution in [3.8, 4) is 11.5 Å². The Balaban J connectivity index is 1.61. The Bertz CT molecular complexity index is 879. The Morgan fingerprint density at radius 1 is 1.24 bits per heavy atom. The van der Waals surface area contributed by atoms with Gasteiger partial charge < -0.3 is 25.4 Å². The molecule has 8 heteroatoms. The molecule has 1 aliphatic rings. The van der Waals surface area contributed by atoms with Gasteiger partial charge in [0.1, 0.15) is 11.9 Å². The van der Waals surface area contributed by atoms with E-state index >= 15 is 0 Å². The predicted octanol–water partition coefficient (Wildman–Crippen LogP) is 1.99. The minimum atomic E-state index is -0.243. The van der Waals surface area contributed by atoms with E-state index in [-0.39, 0.29) is 24.5 Å². The van der Waals surface area contributed by atoms with Gasteiger partial charge in [-0.3, -0.25) is 9.59 Å². The fraction of sp³-hybridized carbons (Fsp3) is 0.381. The Hall–Kier alpha value is -3.29. The van der Waals surface area contributed by atoms with Gasteiger partial charge >= 0.3 is 0 Å². The number of methoxy groups -OCH3 is 1. The number of aromatic nitrogens is 1. The summed E-state index contributed by atoms with van der Waals surface area (Å²) in [5.74, 6) is 1.32. The summed E-state index contributed by atoms with van der Waals surface area (Å²) in [4.78, 5) is 29.8. The molecule has 154 valence electrons. The molecule has 0 spiro atoms. The first kappa shape index (κ1) is 20.4. The van der Waals surface area contributed by atoms with E-state index in [1.165, 1.54) is 0 Å². The van der Waals surface area contributed by atoms with E-state index < -0.39 is 0 Å².